The minimum atomic E-state index is 0.113. The van der Waals surface area contributed by atoms with Crippen molar-refractivity contribution in [3.05, 3.63) is 88.9 Å². The van der Waals surface area contributed by atoms with E-state index in [0.717, 1.165) is 11.4 Å². The molecule has 0 aliphatic heterocycles. The van der Waals surface area contributed by atoms with Gasteiger partial charge in [-0.1, -0.05) is 75.7 Å². The molecule has 1 heterocycles. The quantitative estimate of drug-likeness (QED) is 0.254. The van der Waals surface area contributed by atoms with Gasteiger partial charge in [-0.25, -0.2) is 0 Å². The lowest BCUT2D eigenvalue weighted by Crippen LogP contribution is -2.18. The molecule has 4 aromatic carbocycles. The van der Waals surface area contributed by atoms with Crippen LogP contribution in [0.25, 0.3) is 38.3 Å². The average molecular weight is 424 g/mol. The predicted molar refractivity (Wildman–Crippen MR) is 134 cm³/mol. The molecule has 2 heteroatoms. The maximum atomic E-state index is 6.46. The van der Waals surface area contributed by atoms with Gasteiger partial charge in [0.15, 0.2) is 0 Å². The molecule has 154 valence electrons. The van der Waals surface area contributed by atoms with E-state index < -0.39 is 0 Å². The van der Waals surface area contributed by atoms with Crippen molar-refractivity contribution in [2.75, 3.05) is 0 Å². The van der Waals surface area contributed by atoms with Gasteiger partial charge in [-0.15, -0.1) is 0 Å². The molecule has 0 amide bonds. The fraction of sp³-hybridized carbons (Fsp3) is 0.241. The Bertz CT molecular complexity index is 1520. The van der Waals surface area contributed by atoms with Gasteiger partial charge in [-0.3, -0.25) is 0 Å². The fourth-order valence-corrected chi connectivity index (χ4v) is 6.40. The van der Waals surface area contributed by atoms with E-state index in [1.54, 1.807) is 0 Å². The molecule has 0 N–H and O–H groups in total. The van der Waals surface area contributed by atoms with Crippen LogP contribution in [-0.4, -0.2) is 4.57 Å². The Morgan fingerprint density at radius 3 is 2.19 bits per heavy atom. The van der Waals surface area contributed by atoms with Crippen LogP contribution in [0.15, 0.2) is 72.8 Å². The minimum Gasteiger partial charge on any atom is -0.309 e. The molecule has 0 spiro atoms. The molecule has 0 bridgehead atoms. The Labute approximate surface area is 188 Å². The molecule has 1 aliphatic rings. The van der Waals surface area contributed by atoms with E-state index in [0.29, 0.717) is 0 Å². The number of nitrogens with zero attached hydrogens (tertiary/aromatic N) is 1. The summed E-state index contributed by atoms with van der Waals surface area (Å²) in [5.41, 5.74) is 6.98. The highest BCUT2D eigenvalue weighted by Crippen LogP contribution is 2.52. The van der Waals surface area contributed by atoms with Gasteiger partial charge in [-0.05, 0) is 75.5 Å². The molecule has 0 unspecified atom stereocenters. The van der Waals surface area contributed by atoms with Gasteiger partial charge >= 0.3 is 0 Å². The highest BCUT2D eigenvalue weighted by molar-refractivity contribution is 6.32. The summed E-state index contributed by atoms with van der Waals surface area (Å²) in [5, 5.41) is 5.76. The number of halogens is 1. The van der Waals surface area contributed by atoms with Crippen molar-refractivity contribution in [3.8, 4) is 5.69 Å². The van der Waals surface area contributed by atoms with Crippen LogP contribution in [0.1, 0.15) is 45.2 Å². The van der Waals surface area contributed by atoms with E-state index in [-0.39, 0.29) is 10.8 Å². The number of aromatic nitrogens is 1. The first-order chi connectivity index (χ1) is 14.8. The average Bonchev–Trinajstić information content (AvgIpc) is 3.13. The molecule has 1 nitrogen and oxygen atoms in total. The van der Waals surface area contributed by atoms with Crippen molar-refractivity contribution in [1.82, 2.24) is 4.57 Å². The molecular weight excluding hydrogens is 398 g/mol. The molecule has 0 radical (unpaired) electrons. The zero-order valence-electron chi connectivity index (χ0n) is 18.5. The van der Waals surface area contributed by atoms with E-state index in [1.807, 2.05) is 6.07 Å². The zero-order valence-corrected chi connectivity index (χ0v) is 19.2. The van der Waals surface area contributed by atoms with Gasteiger partial charge in [0.05, 0.1) is 16.7 Å². The Balaban J connectivity index is 1.81. The lowest BCUT2D eigenvalue weighted by molar-refractivity contribution is 0.403. The van der Waals surface area contributed by atoms with E-state index in [2.05, 4.69) is 99.0 Å². The molecule has 31 heavy (non-hydrogen) atoms. The third-order valence-electron chi connectivity index (χ3n) is 7.17. The molecule has 1 aromatic heterocycles. The summed E-state index contributed by atoms with van der Waals surface area (Å²) in [6.07, 6.45) is 1.15. The molecule has 0 saturated heterocycles. The smallest absolute Gasteiger partial charge is 0.0547 e. The fourth-order valence-electron chi connectivity index (χ4n) is 6.23. The first-order valence-corrected chi connectivity index (χ1v) is 11.4. The Morgan fingerprint density at radius 2 is 1.42 bits per heavy atom. The van der Waals surface area contributed by atoms with Gasteiger partial charge < -0.3 is 4.57 Å². The molecule has 0 saturated carbocycles. The predicted octanol–water partition coefficient (Wildman–Crippen LogP) is 8.55. The van der Waals surface area contributed by atoms with Crippen molar-refractivity contribution < 1.29 is 0 Å². The number of hydrogen-bond donors (Lipinski definition) is 0. The lowest BCUT2D eigenvalue weighted by Gasteiger charge is -2.24. The summed E-state index contributed by atoms with van der Waals surface area (Å²) in [6.45, 7) is 9.54. The monoisotopic (exact) mass is 423 g/mol. The number of hydrogen-bond acceptors (Lipinski definition) is 0. The van der Waals surface area contributed by atoms with Crippen LogP contribution in [-0.2, 0) is 10.8 Å². The topological polar surface area (TPSA) is 4.93 Å². The van der Waals surface area contributed by atoms with Crippen LogP contribution < -0.4 is 0 Å². The third-order valence-corrected chi connectivity index (χ3v) is 7.40. The van der Waals surface area contributed by atoms with E-state index in [4.69, 9.17) is 11.6 Å². The SMILES string of the molecule is CC1(C)CC(C)(C)c2c(-n3c4ccc(Cl)cc4c4cc5ccccc5cc43)cccc21. The Morgan fingerprint density at radius 1 is 0.710 bits per heavy atom. The maximum Gasteiger partial charge on any atom is 0.0547 e. The highest BCUT2D eigenvalue weighted by atomic mass is 35.5. The number of benzene rings is 4. The van der Waals surface area contributed by atoms with Crippen LogP contribution in [0, 0.1) is 0 Å². The van der Waals surface area contributed by atoms with Crippen LogP contribution in [0.3, 0.4) is 0 Å². The van der Waals surface area contributed by atoms with E-state index in [9.17, 15) is 0 Å². The van der Waals surface area contributed by atoms with Crippen molar-refractivity contribution in [2.24, 2.45) is 0 Å². The van der Waals surface area contributed by atoms with Crippen molar-refractivity contribution in [2.45, 2.75) is 44.9 Å². The second-order valence-electron chi connectivity index (χ2n) is 10.4. The second kappa shape index (κ2) is 6.14. The minimum absolute atomic E-state index is 0.113. The standard InChI is InChI=1S/C29H26ClN/c1-28(2)17-29(3,4)27-23(28)10-7-11-25(27)31-24-13-12-20(30)16-22(24)21-14-18-8-5-6-9-19(18)15-26(21)31/h5-16H,17H2,1-4H3. The largest absolute Gasteiger partial charge is 0.309 e. The van der Waals surface area contributed by atoms with Gasteiger partial charge in [0.25, 0.3) is 0 Å². The summed E-state index contributed by atoms with van der Waals surface area (Å²) >= 11 is 6.46. The van der Waals surface area contributed by atoms with Crippen LogP contribution in [0.5, 0.6) is 0 Å². The van der Waals surface area contributed by atoms with Crippen LogP contribution >= 0.6 is 11.6 Å². The third kappa shape index (κ3) is 2.63. The van der Waals surface area contributed by atoms with Crippen LogP contribution in [0.4, 0.5) is 0 Å². The molecule has 6 rings (SSSR count). The van der Waals surface area contributed by atoms with Crippen molar-refractivity contribution >= 4 is 44.2 Å². The normalized spacial score (nSPS) is 16.9. The van der Waals surface area contributed by atoms with Crippen LogP contribution in [0.2, 0.25) is 5.02 Å². The van der Waals surface area contributed by atoms with E-state index in [1.165, 1.54) is 49.4 Å². The Hall–Kier alpha value is -2.77. The van der Waals surface area contributed by atoms with Gasteiger partial charge in [0.2, 0.25) is 0 Å². The molecular formula is C29H26ClN. The summed E-state index contributed by atoms with van der Waals surface area (Å²) in [7, 11) is 0. The van der Waals surface area contributed by atoms with Crippen molar-refractivity contribution in [3.63, 3.8) is 0 Å². The van der Waals surface area contributed by atoms with Gasteiger partial charge in [0, 0.05) is 15.8 Å². The number of rotatable bonds is 1. The first kappa shape index (κ1) is 19.0. The van der Waals surface area contributed by atoms with Crippen molar-refractivity contribution in [1.29, 1.82) is 0 Å². The summed E-state index contributed by atoms with van der Waals surface area (Å²) in [5.74, 6) is 0. The van der Waals surface area contributed by atoms with E-state index >= 15 is 0 Å². The highest BCUT2D eigenvalue weighted by Gasteiger charge is 2.43. The molecule has 5 aromatic rings. The first-order valence-electron chi connectivity index (χ1n) is 11.0. The lowest BCUT2D eigenvalue weighted by atomic mass is 9.81. The van der Waals surface area contributed by atoms with Gasteiger partial charge in [-0.2, -0.15) is 0 Å². The summed E-state index contributed by atoms with van der Waals surface area (Å²) in [4.78, 5) is 0. The summed E-state index contributed by atoms with van der Waals surface area (Å²) in [6, 6.07) is 26.4. The number of fused-ring (bicyclic) bond motifs is 5. The zero-order chi connectivity index (χ0) is 21.5. The van der Waals surface area contributed by atoms with Gasteiger partial charge in [0.1, 0.15) is 0 Å². The Kier molecular flexibility index (Phi) is 3.76. The molecule has 0 atom stereocenters. The maximum absolute atomic E-state index is 6.46. The molecule has 1 aliphatic carbocycles. The molecule has 0 fully saturated rings. The summed E-state index contributed by atoms with van der Waals surface area (Å²) < 4.78 is 2.47. The second-order valence-corrected chi connectivity index (χ2v) is 10.8.